The highest BCUT2D eigenvalue weighted by molar-refractivity contribution is 7.90. The maximum atomic E-state index is 12.1. The van der Waals surface area contributed by atoms with Gasteiger partial charge in [0.05, 0.1) is 4.90 Å². The Hall–Kier alpha value is -2.14. The van der Waals surface area contributed by atoms with Crippen LogP contribution < -0.4 is 5.32 Å². The minimum Gasteiger partial charge on any atom is -0.326 e. The lowest BCUT2D eigenvalue weighted by molar-refractivity contribution is -0.116. The molecule has 0 aromatic heterocycles. The summed E-state index contributed by atoms with van der Waals surface area (Å²) in [5.41, 5.74) is 4.03. The Morgan fingerprint density at radius 1 is 1.09 bits per heavy atom. The second-order valence-electron chi connectivity index (χ2n) is 5.78. The highest BCUT2D eigenvalue weighted by atomic mass is 32.2. The Kier molecular flexibility index (Phi) is 5.21. The Morgan fingerprint density at radius 2 is 1.83 bits per heavy atom. The van der Waals surface area contributed by atoms with Crippen LogP contribution in [-0.2, 0) is 21.1 Å². The van der Waals surface area contributed by atoms with Gasteiger partial charge in [0.2, 0.25) is 5.91 Å². The summed E-state index contributed by atoms with van der Waals surface area (Å²) in [6.45, 7) is 4.08. The van der Waals surface area contributed by atoms with E-state index in [0.29, 0.717) is 18.5 Å². The molecule has 5 heteroatoms. The molecule has 0 unspecified atom stereocenters. The molecule has 4 nitrogen and oxygen atoms in total. The van der Waals surface area contributed by atoms with Gasteiger partial charge < -0.3 is 5.32 Å². The average molecular weight is 331 g/mol. The number of amides is 1. The number of sulfone groups is 1. The van der Waals surface area contributed by atoms with E-state index in [1.165, 1.54) is 23.3 Å². The Bertz CT molecular complexity index is 826. The largest absolute Gasteiger partial charge is 0.326 e. The van der Waals surface area contributed by atoms with Crippen molar-refractivity contribution in [1.29, 1.82) is 0 Å². The van der Waals surface area contributed by atoms with Crippen molar-refractivity contribution in [2.75, 3.05) is 11.6 Å². The van der Waals surface area contributed by atoms with Gasteiger partial charge in [-0.05, 0) is 49.6 Å². The first kappa shape index (κ1) is 17.2. The SMILES string of the molecule is Cc1ccc(CCC(=O)Nc2cccc(S(C)(=O)=O)c2)c(C)c1. The van der Waals surface area contributed by atoms with Crippen molar-refractivity contribution in [2.45, 2.75) is 31.6 Å². The molecule has 122 valence electrons. The van der Waals surface area contributed by atoms with Crippen LogP contribution in [0.3, 0.4) is 0 Å². The number of carbonyl (C=O) groups excluding carboxylic acids is 1. The molecule has 0 aliphatic carbocycles. The second-order valence-corrected chi connectivity index (χ2v) is 7.79. The highest BCUT2D eigenvalue weighted by Gasteiger charge is 2.09. The quantitative estimate of drug-likeness (QED) is 0.914. The van der Waals surface area contributed by atoms with Gasteiger partial charge in [0.25, 0.3) is 0 Å². The van der Waals surface area contributed by atoms with Crippen molar-refractivity contribution >= 4 is 21.4 Å². The number of rotatable bonds is 5. The van der Waals surface area contributed by atoms with Crippen LogP contribution in [0.2, 0.25) is 0 Å². The van der Waals surface area contributed by atoms with Crippen molar-refractivity contribution in [3.05, 3.63) is 59.2 Å². The van der Waals surface area contributed by atoms with Gasteiger partial charge >= 0.3 is 0 Å². The summed E-state index contributed by atoms with van der Waals surface area (Å²) in [4.78, 5) is 12.3. The monoisotopic (exact) mass is 331 g/mol. The highest BCUT2D eigenvalue weighted by Crippen LogP contribution is 2.16. The van der Waals surface area contributed by atoms with E-state index in [2.05, 4.69) is 11.4 Å². The minimum absolute atomic E-state index is 0.129. The lowest BCUT2D eigenvalue weighted by atomic mass is 10.0. The maximum absolute atomic E-state index is 12.1. The molecule has 23 heavy (non-hydrogen) atoms. The van der Waals surface area contributed by atoms with Crippen LogP contribution in [0.25, 0.3) is 0 Å². The van der Waals surface area contributed by atoms with E-state index in [9.17, 15) is 13.2 Å². The first-order valence-electron chi connectivity index (χ1n) is 7.42. The van der Waals surface area contributed by atoms with Crippen LogP contribution in [0.4, 0.5) is 5.69 Å². The molecule has 0 radical (unpaired) electrons. The molecule has 0 atom stereocenters. The third-order valence-electron chi connectivity index (χ3n) is 3.67. The van der Waals surface area contributed by atoms with Gasteiger partial charge in [0.1, 0.15) is 0 Å². The molecule has 0 saturated carbocycles. The molecule has 0 spiro atoms. The van der Waals surface area contributed by atoms with E-state index in [1.54, 1.807) is 12.1 Å². The van der Waals surface area contributed by atoms with E-state index in [-0.39, 0.29) is 10.8 Å². The molecule has 2 aromatic rings. The molecule has 0 aliphatic rings. The van der Waals surface area contributed by atoms with E-state index in [0.717, 1.165) is 11.8 Å². The topological polar surface area (TPSA) is 63.2 Å². The number of nitrogens with one attached hydrogen (secondary N) is 1. The first-order valence-corrected chi connectivity index (χ1v) is 9.31. The summed E-state index contributed by atoms with van der Waals surface area (Å²) < 4.78 is 23.1. The van der Waals surface area contributed by atoms with E-state index >= 15 is 0 Å². The minimum atomic E-state index is -3.28. The number of anilines is 1. The Labute approximate surface area is 137 Å². The van der Waals surface area contributed by atoms with Gasteiger partial charge in [-0.2, -0.15) is 0 Å². The van der Waals surface area contributed by atoms with Gasteiger partial charge in [0, 0.05) is 18.4 Å². The second kappa shape index (κ2) is 6.96. The summed E-state index contributed by atoms with van der Waals surface area (Å²) in [6, 6.07) is 12.5. The zero-order valence-electron chi connectivity index (χ0n) is 13.6. The normalized spacial score (nSPS) is 11.3. The van der Waals surface area contributed by atoms with Crippen LogP contribution >= 0.6 is 0 Å². The zero-order chi connectivity index (χ0) is 17.0. The fourth-order valence-electron chi connectivity index (χ4n) is 2.40. The third-order valence-corrected chi connectivity index (χ3v) is 4.78. The lowest BCUT2D eigenvalue weighted by Gasteiger charge is -2.09. The van der Waals surface area contributed by atoms with Gasteiger partial charge in [-0.15, -0.1) is 0 Å². The van der Waals surface area contributed by atoms with Crippen molar-refractivity contribution in [2.24, 2.45) is 0 Å². The first-order chi connectivity index (χ1) is 10.8. The molecule has 0 heterocycles. The fourth-order valence-corrected chi connectivity index (χ4v) is 3.07. The van der Waals surface area contributed by atoms with Crippen LogP contribution in [0.15, 0.2) is 47.4 Å². The average Bonchev–Trinajstić information content (AvgIpc) is 2.45. The Balaban J connectivity index is 2.00. The molecule has 0 bridgehead atoms. The molecule has 2 aromatic carbocycles. The number of hydrogen-bond acceptors (Lipinski definition) is 3. The van der Waals surface area contributed by atoms with E-state index in [1.807, 2.05) is 26.0 Å². The summed E-state index contributed by atoms with van der Waals surface area (Å²) in [6.07, 6.45) is 2.16. The molecule has 1 N–H and O–H groups in total. The predicted octanol–water partition coefficient (Wildman–Crippen LogP) is 3.28. The van der Waals surface area contributed by atoms with Crippen molar-refractivity contribution < 1.29 is 13.2 Å². The molecular formula is C18H21NO3S. The van der Waals surface area contributed by atoms with Crippen molar-refractivity contribution in [3.63, 3.8) is 0 Å². The van der Waals surface area contributed by atoms with Crippen LogP contribution in [-0.4, -0.2) is 20.6 Å². The van der Waals surface area contributed by atoms with E-state index < -0.39 is 9.84 Å². The summed E-state index contributed by atoms with van der Waals surface area (Å²) in [5.74, 6) is -0.129. The molecule has 2 rings (SSSR count). The smallest absolute Gasteiger partial charge is 0.224 e. The van der Waals surface area contributed by atoms with Gasteiger partial charge in [-0.25, -0.2) is 8.42 Å². The van der Waals surface area contributed by atoms with Gasteiger partial charge in [0.15, 0.2) is 9.84 Å². The summed E-state index contributed by atoms with van der Waals surface area (Å²) >= 11 is 0. The lowest BCUT2D eigenvalue weighted by Crippen LogP contribution is -2.13. The maximum Gasteiger partial charge on any atom is 0.224 e. The molecule has 1 amide bonds. The molecule has 0 saturated heterocycles. The number of aryl methyl sites for hydroxylation is 3. The number of benzene rings is 2. The Morgan fingerprint density at radius 3 is 2.48 bits per heavy atom. The third kappa shape index (κ3) is 4.93. The van der Waals surface area contributed by atoms with Crippen LogP contribution in [0.5, 0.6) is 0 Å². The zero-order valence-corrected chi connectivity index (χ0v) is 14.4. The standard InChI is InChI=1S/C18H21NO3S/c1-13-7-8-15(14(2)11-13)9-10-18(20)19-16-5-4-6-17(12-16)23(3,21)22/h4-8,11-12H,9-10H2,1-3H3,(H,19,20). The van der Waals surface area contributed by atoms with Crippen molar-refractivity contribution in [3.8, 4) is 0 Å². The number of carbonyl (C=O) groups is 1. The number of hydrogen-bond donors (Lipinski definition) is 1. The summed E-state index contributed by atoms with van der Waals surface area (Å²) in [7, 11) is -3.28. The van der Waals surface area contributed by atoms with Crippen molar-refractivity contribution in [1.82, 2.24) is 0 Å². The fraction of sp³-hybridized carbons (Fsp3) is 0.278. The summed E-state index contributed by atoms with van der Waals surface area (Å²) in [5, 5.41) is 2.75. The van der Waals surface area contributed by atoms with Gasteiger partial charge in [-0.3, -0.25) is 4.79 Å². The molecule has 0 fully saturated rings. The van der Waals surface area contributed by atoms with Crippen LogP contribution in [0, 0.1) is 13.8 Å². The van der Waals surface area contributed by atoms with E-state index in [4.69, 9.17) is 0 Å². The predicted molar refractivity (Wildman–Crippen MR) is 92.4 cm³/mol. The van der Waals surface area contributed by atoms with Crippen LogP contribution in [0.1, 0.15) is 23.1 Å². The molecular weight excluding hydrogens is 310 g/mol. The van der Waals surface area contributed by atoms with Gasteiger partial charge in [-0.1, -0.05) is 29.8 Å². The molecule has 0 aliphatic heterocycles.